The Morgan fingerprint density at radius 1 is 1.44 bits per heavy atom. The number of carbonyl (C=O) groups is 1. The Morgan fingerprint density at radius 3 is 2.39 bits per heavy atom. The van der Waals surface area contributed by atoms with E-state index in [-0.39, 0.29) is 6.42 Å². The van der Waals surface area contributed by atoms with Crippen LogP contribution in [0, 0.1) is 10.1 Å². The van der Waals surface area contributed by atoms with E-state index in [0.29, 0.717) is 11.3 Å². The van der Waals surface area contributed by atoms with Crippen molar-refractivity contribution >= 4 is 5.97 Å². The van der Waals surface area contributed by atoms with Gasteiger partial charge in [-0.1, -0.05) is 12.1 Å². The fraction of sp³-hybridized carbons (Fsp3) is 0.364. The van der Waals surface area contributed by atoms with Gasteiger partial charge in [-0.3, -0.25) is 10.1 Å². The molecule has 0 spiro atoms. The maximum atomic E-state index is 10.7. The minimum Gasteiger partial charge on any atom is -0.497 e. The van der Waals surface area contributed by atoms with Crippen molar-refractivity contribution in [3.05, 3.63) is 39.9 Å². The summed E-state index contributed by atoms with van der Waals surface area (Å²) in [7, 11) is 1.49. The number of nitro groups is 1. The quantitative estimate of drug-likeness (QED) is 0.559. The van der Waals surface area contributed by atoms with Crippen LogP contribution in [0.25, 0.3) is 0 Å². The van der Waals surface area contributed by atoms with Crippen molar-refractivity contribution in [3.8, 4) is 5.75 Å². The standard InChI is InChI=1S/C11H13NO6/c1-18-8-4-2-7(3-5-8)6-9(12(16)17)10(13)11(14)15/h2-5,9-10,13H,6H2,1H3,(H,14,15). The van der Waals surface area contributed by atoms with Gasteiger partial charge in [-0.15, -0.1) is 0 Å². The fourth-order valence-electron chi connectivity index (χ4n) is 1.47. The van der Waals surface area contributed by atoms with E-state index < -0.39 is 23.0 Å². The van der Waals surface area contributed by atoms with Crippen molar-refractivity contribution in [2.45, 2.75) is 18.6 Å². The Morgan fingerprint density at radius 2 is 2.00 bits per heavy atom. The van der Waals surface area contributed by atoms with Crippen LogP contribution in [0.1, 0.15) is 5.56 Å². The van der Waals surface area contributed by atoms with E-state index in [1.54, 1.807) is 24.3 Å². The van der Waals surface area contributed by atoms with Crippen molar-refractivity contribution < 1.29 is 24.7 Å². The molecule has 0 aromatic heterocycles. The summed E-state index contributed by atoms with van der Waals surface area (Å²) in [5.41, 5.74) is 0.554. The van der Waals surface area contributed by atoms with Crippen LogP contribution in [-0.4, -0.2) is 40.4 Å². The van der Waals surface area contributed by atoms with Gasteiger partial charge in [0.1, 0.15) is 5.75 Å². The van der Waals surface area contributed by atoms with Gasteiger partial charge in [0.25, 0.3) is 6.04 Å². The zero-order valence-electron chi connectivity index (χ0n) is 9.65. The SMILES string of the molecule is COc1ccc(CC(C(O)C(=O)O)[N+](=O)[O-])cc1. The second kappa shape index (κ2) is 5.97. The number of methoxy groups -OCH3 is 1. The minimum absolute atomic E-state index is 0.162. The first-order valence-corrected chi connectivity index (χ1v) is 5.13. The first-order chi connectivity index (χ1) is 8.45. The molecule has 0 amide bonds. The van der Waals surface area contributed by atoms with E-state index >= 15 is 0 Å². The molecule has 1 aromatic rings. The second-order valence-electron chi connectivity index (χ2n) is 3.69. The summed E-state index contributed by atoms with van der Waals surface area (Å²) >= 11 is 0. The van der Waals surface area contributed by atoms with E-state index in [4.69, 9.17) is 9.84 Å². The number of rotatable bonds is 6. The van der Waals surface area contributed by atoms with Crippen LogP contribution in [-0.2, 0) is 11.2 Å². The van der Waals surface area contributed by atoms with Gasteiger partial charge in [-0.25, -0.2) is 4.79 Å². The Labute approximate surface area is 103 Å². The molecule has 18 heavy (non-hydrogen) atoms. The molecule has 2 N–H and O–H groups in total. The lowest BCUT2D eigenvalue weighted by molar-refractivity contribution is -0.531. The summed E-state index contributed by atoms with van der Waals surface area (Å²) in [5, 5.41) is 28.6. The average Bonchev–Trinajstić information content (AvgIpc) is 2.35. The van der Waals surface area contributed by atoms with E-state index in [1.165, 1.54) is 7.11 Å². The number of aliphatic hydroxyl groups excluding tert-OH is 1. The van der Waals surface area contributed by atoms with Gasteiger partial charge in [0.05, 0.1) is 7.11 Å². The normalized spacial score (nSPS) is 13.7. The van der Waals surface area contributed by atoms with Gasteiger partial charge in [0.2, 0.25) is 6.10 Å². The lowest BCUT2D eigenvalue weighted by Crippen LogP contribution is -2.41. The smallest absolute Gasteiger partial charge is 0.339 e. The van der Waals surface area contributed by atoms with Gasteiger partial charge >= 0.3 is 5.97 Å². The number of aliphatic carboxylic acids is 1. The molecule has 0 saturated heterocycles. The summed E-state index contributed by atoms with van der Waals surface area (Å²) in [5.74, 6) is -1.01. The van der Waals surface area contributed by atoms with Gasteiger partial charge in [0.15, 0.2) is 0 Å². The third-order valence-electron chi connectivity index (χ3n) is 2.49. The highest BCUT2D eigenvalue weighted by Crippen LogP contribution is 2.14. The zero-order valence-corrected chi connectivity index (χ0v) is 9.65. The number of carboxylic acid groups (broad SMARTS) is 1. The van der Waals surface area contributed by atoms with Crippen LogP contribution in [0.15, 0.2) is 24.3 Å². The van der Waals surface area contributed by atoms with Gasteiger partial charge < -0.3 is 14.9 Å². The Bertz CT molecular complexity index is 430. The van der Waals surface area contributed by atoms with Gasteiger partial charge in [-0.05, 0) is 17.7 Å². The zero-order chi connectivity index (χ0) is 13.7. The monoisotopic (exact) mass is 255 g/mol. The minimum atomic E-state index is -2.03. The van der Waals surface area contributed by atoms with Crippen LogP contribution in [0.2, 0.25) is 0 Å². The third kappa shape index (κ3) is 3.42. The molecular weight excluding hydrogens is 242 g/mol. The van der Waals surface area contributed by atoms with Crippen molar-refractivity contribution in [2.24, 2.45) is 0 Å². The van der Waals surface area contributed by atoms with Crippen molar-refractivity contribution in [1.82, 2.24) is 0 Å². The summed E-state index contributed by atoms with van der Waals surface area (Å²) in [6.07, 6.45) is -2.19. The van der Waals surface area contributed by atoms with Crippen LogP contribution in [0.3, 0.4) is 0 Å². The first kappa shape index (κ1) is 13.9. The van der Waals surface area contributed by atoms with E-state index in [0.717, 1.165) is 0 Å². The average molecular weight is 255 g/mol. The van der Waals surface area contributed by atoms with Crippen LogP contribution in [0.5, 0.6) is 5.75 Å². The third-order valence-corrected chi connectivity index (χ3v) is 2.49. The summed E-state index contributed by atoms with van der Waals surface area (Å²) in [6.45, 7) is 0. The largest absolute Gasteiger partial charge is 0.497 e. The Kier molecular flexibility index (Phi) is 4.61. The molecule has 0 saturated carbocycles. The first-order valence-electron chi connectivity index (χ1n) is 5.13. The topological polar surface area (TPSA) is 110 Å². The molecule has 0 radical (unpaired) electrons. The fourth-order valence-corrected chi connectivity index (χ4v) is 1.47. The van der Waals surface area contributed by atoms with Crippen LogP contribution in [0.4, 0.5) is 0 Å². The van der Waals surface area contributed by atoms with E-state index in [2.05, 4.69) is 0 Å². The molecule has 0 fully saturated rings. The lowest BCUT2D eigenvalue weighted by Gasteiger charge is -2.12. The number of benzene rings is 1. The molecule has 0 bridgehead atoms. The number of aliphatic hydroxyl groups is 1. The van der Waals surface area contributed by atoms with Crippen LogP contribution >= 0.6 is 0 Å². The molecule has 0 aliphatic rings. The van der Waals surface area contributed by atoms with Crippen LogP contribution < -0.4 is 4.74 Å². The summed E-state index contributed by atoms with van der Waals surface area (Å²) in [6, 6.07) is 4.82. The highest BCUT2D eigenvalue weighted by Gasteiger charge is 2.35. The number of ether oxygens (including phenoxy) is 1. The highest BCUT2D eigenvalue weighted by atomic mass is 16.6. The Hall–Kier alpha value is -2.15. The van der Waals surface area contributed by atoms with Gasteiger partial charge in [-0.2, -0.15) is 0 Å². The maximum Gasteiger partial charge on any atom is 0.339 e. The molecule has 98 valence electrons. The molecule has 0 aliphatic heterocycles. The molecule has 0 aliphatic carbocycles. The lowest BCUT2D eigenvalue weighted by atomic mass is 10.0. The number of carboxylic acids is 1. The summed E-state index contributed by atoms with van der Waals surface area (Å²) in [4.78, 5) is 20.5. The molecule has 7 heteroatoms. The predicted molar refractivity (Wildman–Crippen MR) is 61.1 cm³/mol. The number of hydrogen-bond donors (Lipinski definition) is 2. The van der Waals surface area contributed by atoms with Gasteiger partial charge in [0, 0.05) is 11.3 Å². The predicted octanol–water partition coefficient (Wildman–Crippen LogP) is 0.328. The van der Waals surface area contributed by atoms with Crippen molar-refractivity contribution in [1.29, 1.82) is 0 Å². The van der Waals surface area contributed by atoms with E-state index in [1.807, 2.05) is 0 Å². The van der Waals surface area contributed by atoms with Crippen molar-refractivity contribution in [2.75, 3.05) is 7.11 Å². The molecule has 1 rings (SSSR count). The maximum absolute atomic E-state index is 10.7. The van der Waals surface area contributed by atoms with Crippen molar-refractivity contribution in [3.63, 3.8) is 0 Å². The molecule has 2 atom stereocenters. The second-order valence-corrected chi connectivity index (χ2v) is 3.69. The number of nitrogens with zero attached hydrogens (tertiary/aromatic N) is 1. The summed E-state index contributed by atoms with van der Waals surface area (Å²) < 4.78 is 4.93. The van der Waals surface area contributed by atoms with E-state index in [9.17, 15) is 20.0 Å². The molecule has 7 nitrogen and oxygen atoms in total. The number of hydrogen-bond acceptors (Lipinski definition) is 5. The molecule has 1 aromatic carbocycles. The highest BCUT2D eigenvalue weighted by molar-refractivity contribution is 5.72. The molecule has 0 heterocycles. The Balaban J connectivity index is 2.83. The molecular formula is C11H13NO6. The molecule has 2 unspecified atom stereocenters.